The smallest absolute Gasteiger partial charge is 0.318 e. The van der Waals surface area contributed by atoms with E-state index in [0.717, 1.165) is 12.1 Å². The van der Waals surface area contributed by atoms with Crippen LogP contribution in [-0.4, -0.2) is 47.4 Å². The quantitative estimate of drug-likeness (QED) is 0.899. The second-order valence-corrected chi connectivity index (χ2v) is 7.81. The van der Waals surface area contributed by atoms with Gasteiger partial charge in [0.05, 0.1) is 0 Å². The van der Waals surface area contributed by atoms with Crippen molar-refractivity contribution in [2.24, 2.45) is 5.92 Å². The maximum atomic E-state index is 12.7. The van der Waals surface area contributed by atoms with Gasteiger partial charge in [-0.15, -0.1) is 0 Å². The molecular weight excluding hydrogens is 326 g/mol. The topological polar surface area (TPSA) is 52.6 Å². The van der Waals surface area contributed by atoms with Gasteiger partial charge in [-0.2, -0.15) is 0 Å². The Kier molecular flexibility index (Phi) is 6.17. The van der Waals surface area contributed by atoms with E-state index in [1.807, 2.05) is 24.0 Å². The van der Waals surface area contributed by atoms with Gasteiger partial charge in [0.25, 0.3) is 0 Å². The van der Waals surface area contributed by atoms with Crippen LogP contribution >= 0.6 is 0 Å². The van der Waals surface area contributed by atoms with E-state index in [1.54, 1.807) is 4.90 Å². The normalized spacial score (nSPS) is 21.8. The summed E-state index contributed by atoms with van der Waals surface area (Å²) < 4.78 is 0. The van der Waals surface area contributed by atoms with Gasteiger partial charge in [-0.05, 0) is 38.2 Å². The van der Waals surface area contributed by atoms with Gasteiger partial charge in [0.2, 0.25) is 5.91 Å². The summed E-state index contributed by atoms with van der Waals surface area (Å²) in [6.45, 7) is 6.43. The van der Waals surface area contributed by atoms with E-state index in [0.29, 0.717) is 25.6 Å². The van der Waals surface area contributed by atoms with E-state index in [1.165, 1.54) is 37.7 Å². The Morgan fingerprint density at radius 1 is 1.19 bits per heavy atom. The van der Waals surface area contributed by atoms with Crippen LogP contribution in [0.5, 0.6) is 0 Å². The number of piperazine rings is 1. The monoisotopic (exact) mass is 357 g/mol. The van der Waals surface area contributed by atoms with Gasteiger partial charge in [-0.3, -0.25) is 4.79 Å². The van der Waals surface area contributed by atoms with E-state index < -0.39 is 6.04 Å². The minimum absolute atomic E-state index is 0.0329. The van der Waals surface area contributed by atoms with E-state index >= 15 is 0 Å². The minimum atomic E-state index is -0.403. The van der Waals surface area contributed by atoms with E-state index in [4.69, 9.17) is 0 Å². The molecule has 142 valence electrons. The second kappa shape index (κ2) is 8.56. The molecule has 2 fully saturated rings. The molecule has 1 aliphatic heterocycles. The first-order valence-corrected chi connectivity index (χ1v) is 9.93. The molecule has 1 atom stereocenters. The summed E-state index contributed by atoms with van der Waals surface area (Å²) in [6, 6.07) is 7.75. The Morgan fingerprint density at radius 3 is 2.69 bits per heavy atom. The van der Waals surface area contributed by atoms with Crippen molar-refractivity contribution in [1.29, 1.82) is 0 Å². The highest BCUT2D eigenvalue weighted by Gasteiger charge is 2.34. The van der Waals surface area contributed by atoms with Crippen LogP contribution in [0.2, 0.25) is 0 Å². The molecule has 0 spiro atoms. The molecule has 1 heterocycles. The maximum absolute atomic E-state index is 12.7. The molecule has 1 saturated carbocycles. The summed E-state index contributed by atoms with van der Waals surface area (Å²) in [6.07, 6.45) is 6.27. The summed E-state index contributed by atoms with van der Waals surface area (Å²) in [5.74, 6) is 0.631. The SMILES string of the molecule is Cc1cccc(CN2CCN(C(=O)NCC3CCCCC3)[C@H](C)C2=O)c1. The highest BCUT2D eigenvalue weighted by molar-refractivity contribution is 5.88. The number of hydrogen-bond acceptors (Lipinski definition) is 2. The third kappa shape index (κ3) is 4.57. The fourth-order valence-corrected chi connectivity index (χ4v) is 4.12. The van der Waals surface area contributed by atoms with Crippen molar-refractivity contribution in [1.82, 2.24) is 15.1 Å². The fourth-order valence-electron chi connectivity index (χ4n) is 4.12. The molecule has 26 heavy (non-hydrogen) atoms. The molecule has 1 aromatic rings. The van der Waals surface area contributed by atoms with E-state index in [9.17, 15) is 9.59 Å². The lowest BCUT2D eigenvalue weighted by Crippen LogP contribution is -2.59. The molecule has 1 saturated heterocycles. The van der Waals surface area contributed by atoms with Gasteiger partial charge < -0.3 is 15.1 Å². The number of nitrogens with zero attached hydrogens (tertiary/aromatic N) is 2. The summed E-state index contributed by atoms with van der Waals surface area (Å²) in [5, 5.41) is 3.06. The molecule has 5 heteroatoms. The first kappa shape index (κ1) is 18.7. The number of rotatable bonds is 4. The molecule has 2 aliphatic rings. The van der Waals surface area contributed by atoms with Crippen molar-refractivity contribution in [3.8, 4) is 0 Å². The highest BCUT2D eigenvalue weighted by atomic mass is 16.2. The Morgan fingerprint density at radius 2 is 1.96 bits per heavy atom. The molecule has 0 bridgehead atoms. The van der Waals surface area contributed by atoms with Crippen molar-refractivity contribution in [2.75, 3.05) is 19.6 Å². The van der Waals surface area contributed by atoms with Crippen LogP contribution in [0.1, 0.15) is 50.2 Å². The van der Waals surface area contributed by atoms with Crippen molar-refractivity contribution in [3.05, 3.63) is 35.4 Å². The van der Waals surface area contributed by atoms with E-state index in [-0.39, 0.29) is 11.9 Å². The number of urea groups is 1. The third-order valence-electron chi connectivity index (χ3n) is 5.73. The van der Waals surface area contributed by atoms with Gasteiger partial charge in [0, 0.05) is 26.2 Å². The highest BCUT2D eigenvalue weighted by Crippen LogP contribution is 2.23. The van der Waals surface area contributed by atoms with Crippen LogP contribution in [0, 0.1) is 12.8 Å². The number of carbonyl (C=O) groups is 2. The maximum Gasteiger partial charge on any atom is 0.318 e. The summed E-state index contributed by atoms with van der Waals surface area (Å²) in [7, 11) is 0. The van der Waals surface area contributed by atoms with Crippen molar-refractivity contribution < 1.29 is 9.59 Å². The number of carbonyl (C=O) groups excluding carboxylic acids is 2. The van der Waals surface area contributed by atoms with Crippen molar-refractivity contribution in [3.63, 3.8) is 0 Å². The molecule has 1 aromatic carbocycles. The van der Waals surface area contributed by atoms with Crippen molar-refractivity contribution >= 4 is 11.9 Å². The average molecular weight is 357 g/mol. The third-order valence-corrected chi connectivity index (χ3v) is 5.73. The Bertz CT molecular complexity index is 640. The largest absolute Gasteiger partial charge is 0.338 e. The molecule has 5 nitrogen and oxygen atoms in total. The molecule has 0 unspecified atom stereocenters. The lowest BCUT2D eigenvalue weighted by molar-refractivity contribution is -0.139. The lowest BCUT2D eigenvalue weighted by Gasteiger charge is -2.39. The van der Waals surface area contributed by atoms with Crippen molar-refractivity contribution in [2.45, 2.75) is 58.5 Å². The average Bonchev–Trinajstić information content (AvgIpc) is 2.65. The number of aryl methyl sites for hydroxylation is 1. The molecule has 1 N–H and O–H groups in total. The van der Waals surface area contributed by atoms with Crippen LogP contribution in [0.3, 0.4) is 0 Å². The van der Waals surface area contributed by atoms with Crippen LogP contribution in [0.25, 0.3) is 0 Å². The number of benzene rings is 1. The number of hydrogen-bond donors (Lipinski definition) is 1. The Labute approximate surface area is 156 Å². The zero-order valence-corrected chi connectivity index (χ0v) is 16.0. The fraction of sp³-hybridized carbons (Fsp3) is 0.619. The van der Waals surface area contributed by atoms with E-state index in [2.05, 4.69) is 24.4 Å². The number of nitrogens with one attached hydrogen (secondary N) is 1. The zero-order valence-electron chi connectivity index (χ0n) is 16.0. The molecule has 3 amide bonds. The summed E-state index contributed by atoms with van der Waals surface area (Å²) in [5.41, 5.74) is 2.34. The molecular formula is C21H31N3O2. The van der Waals surface area contributed by atoms with Gasteiger partial charge in [0.1, 0.15) is 6.04 Å². The molecule has 0 radical (unpaired) electrons. The molecule has 1 aliphatic carbocycles. The van der Waals surface area contributed by atoms with Crippen LogP contribution in [0.15, 0.2) is 24.3 Å². The van der Waals surface area contributed by atoms with Crippen LogP contribution in [0.4, 0.5) is 4.79 Å². The minimum Gasteiger partial charge on any atom is -0.338 e. The Balaban J connectivity index is 1.52. The number of amides is 3. The zero-order chi connectivity index (χ0) is 18.5. The Hall–Kier alpha value is -2.04. The van der Waals surface area contributed by atoms with Crippen LogP contribution in [-0.2, 0) is 11.3 Å². The standard InChI is InChI=1S/C21H31N3O2/c1-16-7-6-10-19(13-16)15-23-11-12-24(17(2)20(23)25)21(26)22-14-18-8-4-3-5-9-18/h6-7,10,13,17-18H,3-5,8-9,11-12,14-15H2,1-2H3,(H,22,26)/t17-/m1/s1. The summed E-state index contributed by atoms with van der Waals surface area (Å²) >= 11 is 0. The molecule has 3 rings (SSSR count). The summed E-state index contributed by atoms with van der Waals surface area (Å²) in [4.78, 5) is 28.8. The van der Waals surface area contributed by atoms with Gasteiger partial charge in [-0.25, -0.2) is 4.79 Å². The van der Waals surface area contributed by atoms with Gasteiger partial charge >= 0.3 is 6.03 Å². The van der Waals surface area contributed by atoms with Gasteiger partial charge in [-0.1, -0.05) is 49.1 Å². The van der Waals surface area contributed by atoms with Gasteiger partial charge in [0.15, 0.2) is 0 Å². The predicted molar refractivity (Wildman–Crippen MR) is 103 cm³/mol. The first-order valence-electron chi connectivity index (χ1n) is 9.93. The first-order chi connectivity index (χ1) is 12.5. The molecule has 0 aromatic heterocycles. The van der Waals surface area contributed by atoms with Crippen LogP contribution < -0.4 is 5.32 Å². The lowest BCUT2D eigenvalue weighted by atomic mass is 9.89. The second-order valence-electron chi connectivity index (χ2n) is 7.81. The predicted octanol–water partition coefficient (Wildman–Crippen LogP) is 3.32.